The second-order valence-electron chi connectivity index (χ2n) is 6.41. The summed E-state index contributed by atoms with van der Waals surface area (Å²) >= 11 is 0. The van der Waals surface area contributed by atoms with Gasteiger partial charge in [0.15, 0.2) is 0 Å². The molecular formula is C19H24FNO. The van der Waals surface area contributed by atoms with Crippen molar-refractivity contribution in [3.63, 3.8) is 0 Å². The Hall–Kier alpha value is -1.87. The maximum atomic E-state index is 12.8. The van der Waals surface area contributed by atoms with E-state index in [0.29, 0.717) is 0 Å². The molecule has 0 heterocycles. The quantitative estimate of drug-likeness (QED) is 0.802. The standard InChI is InChI=1S/C19H24FNO/c1-19(2,3)22-18-10-6-16(7-11-18)14-21-13-12-15-4-8-17(20)9-5-15/h4-11,21H,12-14H2,1-3H3. The normalized spacial score (nSPS) is 11.5. The Morgan fingerprint density at radius 2 is 1.50 bits per heavy atom. The average molecular weight is 301 g/mol. The van der Waals surface area contributed by atoms with Crippen molar-refractivity contribution in [2.24, 2.45) is 0 Å². The van der Waals surface area contributed by atoms with Crippen molar-refractivity contribution in [1.82, 2.24) is 5.32 Å². The van der Waals surface area contributed by atoms with Crippen molar-refractivity contribution in [3.8, 4) is 5.75 Å². The molecule has 0 unspecified atom stereocenters. The molecule has 0 aliphatic rings. The molecule has 2 aromatic carbocycles. The van der Waals surface area contributed by atoms with E-state index in [2.05, 4.69) is 17.4 Å². The fourth-order valence-electron chi connectivity index (χ4n) is 2.15. The Bertz CT molecular complexity index is 570. The lowest BCUT2D eigenvalue weighted by Gasteiger charge is -2.21. The second kappa shape index (κ2) is 7.41. The predicted octanol–water partition coefficient (Wildman–Crippen LogP) is 4.34. The van der Waals surface area contributed by atoms with Gasteiger partial charge in [-0.25, -0.2) is 4.39 Å². The third-order valence-electron chi connectivity index (χ3n) is 3.18. The van der Waals surface area contributed by atoms with Crippen LogP contribution in [0.25, 0.3) is 0 Å². The zero-order valence-electron chi connectivity index (χ0n) is 13.5. The first-order valence-electron chi connectivity index (χ1n) is 7.65. The highest BCUT2D eigenvalue weighted by Gasteiger charge is 2.11. The van der Waals surface area contributed by atoms with Crippen LogP contribution in [0.3, 0.4) is 0 Å². The molecule has 0 fully saturated rings. The molecule has 1 N–H and O–H groups in total. The topological polar surface area (TPSA) is 21.3 Å². The molecule has 3 heteroatoms. The minimum absolute atomic E-state index is 0.172. The number of rotatable bonds is 6. The first kappa shape index (κ1) is 16.5. The van der Waals surface area contributed by atoms with Gasteiger partial charge in [-0.1, -0.05) is 24.3 Å². The molecule has 0 spiro atoms. The van der Waals surface area contributed by atoms with Gasteiger partial charge in [-0.15, -0.1) is 0 Å². The van der Waals surface area contributed by atoms with Crippen LogP contribution in [-0.4, -0.2) is 12.1 Å². The highest BCUT2D eigenvalue weighted by atomic mass is 19.1. The zero-order chi connectivity index (χ0) is 16.0. The largest absolute Gasteiger partial charge is 0.488 e. The molecule has 0 aliphatic carbocycles. The van der Waals surface area contributed by atoms with Gasteiger partial charge in [0.1, 0.15) is 17.2 Å². The summed E-state index contributed by atoms with van der Waals surface area (Å²) < 4.78 is 18.6. The van der Waals surface area contributed by atoms with Crippen molar-refractivity contribution in [2.45, 2.75) is 39.3 Å². The number of benzene rings is 2. The Morgan fingerprint density at radius 3 is 2.09 bits per heavy atom. The van der Waals surface area contributed by atoms with E-state index in [1.54, 1.807) is 0 Å². The summed E-state index contributed by atoms with van der Waals surface area (Å²) in [5.74, 6) is 0.705. The minimum Gasteiger partial charge on any atom is -0.488 e. The van der Waals surface area contributed by atoms with Crippen LogP contribution in [0, 0.1) is 5.82 Å². The van der Waals surface area contributed by atoms with Gasteiger partial charge >= 0.3 is 0 Å². The lowest BCUT2D eigenvalue weighted by Crippen LogP contribution is -2.23. The fraction of sp³-hybridized carbons (Fsp3) is 0.368. The van der Waals surface area contributed by atoms with Gasteiger partial charge < -0.3 is 10.1 Å². The van der Waals surface area contributed by atoms with Crippen molar-refractivity contribution < 1.29 is 9.13 Å². The molecule has 0 aromatic heterocycles. The number of hydrogen-bond donors (Lipinski definition) is 1. The fourth-order valence-corrected chi connectivity index (χ4v) is 2.15. The van der Waals surface area contributed by atoms with E-state index in [1.807, 2.05) is 45.0 Å². The van der Waals surface area contributed by atoms with Gasteiger partial charge in [0.2, 0.25) is 0 Å². The molecule has 118 valence electrons. The van der Waals surface area contributed by atoms with Crippen molar-refractivity contribution in [1.29, 1.82) is 0 Å². The van der Waals surface area contributed by atoms with Gasteiger partial charge in [-0.05, 0) is 69.1 Å². The van der Waals surface area contributed by atoms with Gasteiger partial charge in [0, 0.05) is 6.54 Å². The lowest BCUT2D eigenvalue weighted by molar-refractivity contribution is 0.131. The number of halogens is 1. The number of ether oxygens (including phenoxy) is 1. The van der Waals surface area contributed by atoms with Crippen LogP contribution in [0.5, 0.6) is 5.75 Å². The number of nitrogens with one attached hydrogen (secondary N) is 1. The van der Waals surface area contributed by atoms with E-state index < -0.39 is 0 Å². The van der Waals surface area contributed by atoms with Crippen LogP contribution >= 0.6 is 0 Å². The second-order valence-corrected chi connectivity index (χ2v) is 6.41. The summed E-state index contributed by atoms with van der Waals surface area (Å²) in [6.07, 6.45) is 0.894. The van der Waals surface area contributed by atoms with E-state index in [-0.39, 0.29) is 11.4 Å². The van der Waals surface area contributed by atoms with Crippen molar-refractivity contribution in [2.75, 3.05) is 6.54 Å². The first-order chi connectivity index (χ1) is 10.4. The first-order valence-corrected chi connectivity index (χ1v) is 7.65. The van der Waals surface area contributed by atoms with Crippen molar-refractivity contribution >= 4 is 0 Å². The van der Waals surface area contributed by atoms with Crippen LogP contribution < -0.4 is 10.1 Å². The van der Waals surface area contributed by atoms with E-state index in [1.165, 1.54) is 17.7 Å². The molecular weight excluding hydrogens is 277 g/mol. The Kier molecular flexibility index (Phi) is 5.56. The SMILES string of the molecule is CC(C)(C)Oc1ccc(CNCCc2ccc(F)cc2)cc1. The molecule has 2 rings (SSSR count). The molecule has 2 nitrogen and oxygen atoms in total. The summed E-state index contributed by atoms with van der Waals surface area (Å²) in [5.41, 5.74) is 2.19. The minimum atomic E-state index is -0.186. The monoisotopic (exact) mass is 301 g/mol. The molecule has 0 atom stereocenters. The lowest BCUT2D eigenvalue weighted by atomic mass is 10.1. The Morgan fingerprint density at radius 1 is 0.909 bits per heavy atom. The molecule has 0 aliphatic heterocycles. The summed E-state index contributed by atoms with van der Waals surface area (Å²) in [6, 6.07) is 14.8. The summed E-state index contributed by atoms with van der Waals surface area (Å²) in [4.78, 5) is 0. The van der Waals surface area contributed by atoms with Gasteiger partial charge in [0.05, 0.1) is 0 Å². The summed E-state index contributed by atoms with van der Waals surface area (Å²) in [6.45, 7) is 7.80. The highest BCUT2D eigenvalue weighted by Crippen LogP contribution is 2.18. The zero-order valence-corrected chi connectivity index (χ0v) is 13.5. The van der Waals surface area contributed by atoms with E-state index >= 15 is 0 Å². The highest BCUT2D eigenvalue weighted by molar-refractivity contribution is 5.27. The molecule has 0 radical (unpaired) electrons. The van der Waals surface area contributed by atoms with E-state index in [9.17, 15) is 4.39 Å². The summed E-state index contributed by atoms with van der Waals surface area (Å²) in [5, 5.41) is 3.40. The molecule has 0 saturated heterocycles. The maximum absolute atomic E-state index is 12.8. The smallest absolute Gasteiger partial charge is 0.123 e. The molecule has 22 heavy (non-hydrogen) atoms. The summed E-state index contributed by atoms with van der Waals surface area (Å²) in [7, 11) is 0. The molecule has 0 amide bonds. The van der Waals surface area contributed by atoms with Crippen LogP contribution in [0.15, 0.2) is 48.5 Å². The molecule has 0 saturated carbocycles. The third kappa shape index (κ3) is 5.86. The van der Waals surface area contributed by atoms with Crippen LogP contribution in [0.1, 0.15) is 31.9 Å². The number of hydrogen-bond acceptors (Lipinski definition) is 2. The van der Waals surface area contributed by atoms with Crippen LogP contribution in [-0.2, 0) is 13.0 Å². The van der Waals surface area contributed by atoms with Crippen molar-refractivity contribution in [3.05, 3.63) is 65.5 Å². The maximum Gasteiger partial charge on any atom is 0.123 e. The van der Waals surface area contributed by atoms with Gasteiger partial charge in [-0.3, -0.25) is 0 Å². The average Bonchev–Trinajstić information content (AvgIpc) is 2.45. The van der Waals surface area contributed by atoms with Crippen LogP contribution in [0.4, 0.5) is 4.39 Å². The Balaban J connectivity index is 1.74. The molecule has 0 bridgehead atoms. The van der Waals surface area contributed by atoms with Crippen LogP contribution in [0.2, 0.25) is 0 Å². The van der Waals surface area contributed by atoms with Gasteiger partial charge in [0.25, 0.3) is 0 Å². The molecule has 2 aromatic rings. The predicted molar refractivity (Wildman–Crippen MR) is 88.6 cm³/mol. The van der Waals surface area contributed by atoms with E-state index in [4.69, 9.17) is 4.74 Å². The Labute approximate surface area is 132 Å². The third-order valence-corrected chi connectivity index (χ3v) is 3.18. The van der Waals surface area contributed by atoms with Gasteiger partial charge in [-0.2, -0.15) is 0 Å². The van der Waals surface area contributed by atoms with E-state index in [0.717, 1.165) is 30.8 Å².